The van der Waals surface area contributed by atoms with Crippen molar-refractivity contribution in [1.82, 2.24) is 10.2 Å². The molecule has 10 nitrogen and oxygen atoms in total. The van der Waals surface area contributed by atoms with E-state index in [0.717, 1.165) is 25.7 Å². The summed E-state index contributed by atoms with van der Waals surface area (Å²) in [5.41, 5.74) is 0.0957. The zero-order valence-electron chi connectivity index (χ0n) is 18.9. The number of nitrogens with zero attached hydrogens (tertiary/aromatic N) is 1. The Kier molecular flexibility index (Phi) is 6.90. The van der Waals surface area contributed by atoms with Gasteiger partial charge in [-0.25, -0.2) is 9.59 Å². The zero-order valence-corrected chi connectivity index (χ0v) is 19.8. The van der Waals surface area contributed by atoms with E-state index in [1.165, 1.54) is 23.6 Å². The van der Waals surface area contributed by atoms with Crippen LogP contribution in [0.1, 0.15) is 52.9 Å². The van der Waals surface area contributed by atoms with Crippen LogP contribution in [-0.4, -0.2) is 70.3 Å². The number of aliphatic hydroxyl groups is 1. The van der Waals surface area contributed by atoms with Crippen molar-refractivity contribution in [2.75, 3.05) is 6.54 Å². The van der Waals surface area contributed by atoms with Gasteiger partial charge in [-0.2, -0.15) is 0 Å². The summed E-state index contributed by atoms with van der Waals surface area (Å²) in [4.78, 5) is 51.6. The molecule has 4 rings (SSSR count). The first-order chi connectivity index (χ1) is 15.7. The third-order valence-electron chi connectivity index (χ3n) is 6.64. The molecule has 2 N–H and O–H groups in total. The number of nitrogens with one attached hydrogen (secondary N) is 1. The first-order valence-corrected chi connectivity index (χ1v) is 12.3. The molecule has 182 valence electrons. The molecule has 1 aliphatic carbocycles. The highest BCUT2D eigenvalue weighted by molar-refractivity contribution is 8.03. The molecule has 0 spiro atoms. The van der Waals surface area contributed by atoms with Crippen molar-refractivity contribution >= 4 is 35.7 Å². The first kappa shape index (κ1) is 23.9. The molecular weight excluding hydrogens is 452 g/mol. The summed E-state index contributed by atoms with van der Waals surface area (Å²) >= 11 is 1.38. The lowest BCUT2D eigenvalue weighted by Gasteiger charge is -2.46. The van der Waals surface area contributed by atoms with E-state index in [1.807, 2.05) is 6.92 Å². The number of hydrogen-bond donors (Lipinski definition) is 2. The van der Waals surface area contributed by atoms with Crippen LogP contribution in [0.4, 0.5) is 4.79 Å². The van der Waals surface area contributed by atoms with Crippen LogP contribution < -0.4 is 5.32 Å². The van der Waals surface area contributed by atoms with Crippen molar-refractivity contribution in [2.45, 2.75) is 82.7 Å². The number of thioether (sulfide) groups is 1. The van der Waals surface area contributed by atoms with E-state index in [4.69, 9.17) is 14.2 Å². The Hall–Kier alpha value is -2.27. The Bertz CT molecular complexity index is 868. The van der Waals surface area contributed by atoms with Crippen LogP contribution in [0.3, 0.4) is 0 Å². The van der Waals surface area contributed by atoms with E-state index < -0.39 is 30.4 Å². The van der Waals surface area contributed by atoms with Crippen molar-refractivity contribution in [2.24, 2.45) is 11.8 Å². The monoisotopic (exact) mass is 482 g/mol. The number of amides is 2. The second kappa shape index (κ2) is 9.54. The fourth-order valence-corrected chi connectivity index (χ4v) is 6.45. The van der Waals surface area contributed by atoms with Crippen LogP contribution in [0.15, 0.2) is 10.6 Å². The molecule has 2 saturated heterocycles. The molecule has 0 aromatic heterocycles. The summed E-state index contributed by atoms with van der Waals surface area (Å²) in [5.74, 6) is -2.03. The number of carbonyl (C=O) groups excluding carboxylic acids is 4. The first-order valence-electron chi connectivity index (χ1n) is 11.4. The molecule has 0 radical (unpaired) electrons. The molecule has 3 fully saturated rings. The van der Waals surface area contributed by atoms with Gasteiger partial charge in [0.25, 0.3) is 0 Å². The largest absolute Gasteiger partial charge is 0.511 e. The lowest BCUT2D eigenvalue weighted by atomic mass is 9.79. The van der Waals surface area contributed by atoms with Gasteiger partial charge in [0.15, 0.2) is 0 Å². The highest BCUT2D eigenvalue weighted by atomic mass is 32.2. The number of fused-ring (bicyclic) bond motifs is 1. The number of carbonyl (C=O) groups is 4. The maximum absolute atomic E-state index is 13.1. The molecule has 33 heavy (non-hydrogen) atoms. The maximum atomic E-state index is 13.1. The van der Waals surface area contributed by atoms with Crippen molar-refractivity contribution in [1.29, 1.82) is 0 Å². The van der Waals surface area contributed by atoms with Gasteiger partial charge >= 0.3 is 12.1 Å². The topological polar surface area (TPSA) is 131 Å². The van der Waals surface area contributed by atoms with E-state index in [1.54, 1.807) is 6.92 Å². The van der Waals surface area contributed by atoms with Gasteiger partial charge in [0.2, 0.25) is 18.1 Å². The minimum Gasteiger partial charge on any atom is -0.431 e. The number of ether oxygens (including phenoxy) is 3. The Balaban J connectivity index is 1.47. The third kappa shape index (κ3) is 4.70. The molecule has 3 aliphatic heterocycles. The fraction of sp³-hybridized carbons (Fsp3) is 0.727. The molecule has 0 bridgehead atoms. The van der Waals surface area contributed by atoms with Gasteiger partial charge in [0.05, 0.1) is 18.1 Å². The summed E-state index contributed by atoms with van der Waals surface area (Å²) in [6.07, 6.45) is 0.740. The smallest absolute Gasteiger partial charge is 0.431 e. The van der Waals surface area contributed by atoms with Crippen molar-refractivity contribution < 1.29 is 38.5 Å². The third-order valence-corrected chi connectivity index (χ3v) is 8.12. The molecule has 1 saturated carbocycles. The normalized spacial score (nSPS) is 31.1. The Morgan fingerprint density at radius 2 is 1.88 bits per heavy atom. The highest BCUT2D eigenvalue weighted by Crippen LogP contribution is 2.52. The number of rotatable bonds is 7. The van der Waals surface area contributed by atoms with E-state index in [2.05, 4.69) is 5.32 Å². The standard InChI is InChI=1S/C22H30N2O8S/c1-10-17-16(11(2)25)20(27)24(17)18(19(10)33-14-8-15(26)23-9-14)21(28)30-12(3)31-22(29)32-13-6-4-5-7-13/h10-14,16-17,25H,4-9H2,1-3H3,(H,23,26)/t10?,11?,12?,14?,16?,17-/m0/s1. The van der Waals surface area contributed by atoms with E-state index in [-0.39, 0.29) is 40.8 Å². The number of aliphatic hydroxyl groups excluding tert-OH is 1. The van der Waals surface area contributed by atoms with Gasteiger partial charge in [0, 0.05) is 36.0 Å². The van der Waals surface area contributed by atoms with Crippen LogP contribution in [0.25, 0.3) is 0 Å². The molecule has 5 unspecified atom stereocenters. The minimum absolute atomic E-state index is 0.0631. The maximum Gasteiger partial charge on any atom is 0.511 e. The van der Waals surface area contributed by atoms with Crippen molar-refractivity contribution in [3.05, 3.63) is 10.6 Å². The van der Waals surface area contributed by atoms with Gasteiger partial charge in [0.1, 0.15) is 11.8 Å². The lowest BCUT2D eigenvalue weighted by molar-refractivity contribution is -0.174. The fourth-order valence-electron chi connectivity index (χ4n) is 5.05. The number of hydrogen-bond acceptors (Lipinski definition) is 9. The molecule has 6 atom stereocenters. The van der Waals surface area contributed by atoms with Crippen LogP contribution in [-0.2, 0) is 28.6 Å². The van der Waals surface area contributed by atoms with Crippen LogP contribution >= 0.6 is 11.8 Å². The molecule has 0 aromatic carbocycles. The summed E-state index contributed by atoms with van der Waals surface area (Å²) in [5, 5.41) is 12.8. The summed E-state index contributed by atoms with van der Waals surface area (Å²) in [6.45, 7) is 5.33. The van der Waals surface area contributed by atoms with Gasteiger partial charge < -0.3 is 29.5 Å². The Morgan fingerprint density at radius 3 is 2.48 bits per heavy atom. The van der Waals surface area contributed by atoms with Crippen LogP contribution in [0.5, 0.6) is 0 Å². The molecule has 4 aliphatic rings. The van der Waals surface area contributed by atoms with E-state index in [9.17, 15) is 24.3 Å². The molecular formula is C22H30N2O8S. The number of β-lactam (4-membered cyclic amide) rings is 1. The highest BCUT2D eigenvalue weighted by Gasteiger charge is 2.60. The van der Waals surface area contributed by atoms with Crippen molar-refractivity contribution in [3.8, 4) is 0 Å². The van der Waals surface area contributed by atoms with Crippen LogP contribution in [0, 0.1) is 11.8 Å². The quantitative estimate of drug-likeness (QED) is 0.316. The van der Waals surface area contributed by atoms with Gasteiger partial charge in [-0.15, -0.1) is 11.8 Å². The average molecular weight is 483 g/mol. The Morgan fingerprint density at radius 1 is 1.18 bits per heavy atom. The molecule has 0 aromatic rings. The summed E-state index contributed by atoms with van der Waals surface area (Å²) in [7, 11) is 0. The zero-order chi connectivity index (χ0) is 23.9. The molecule has 2 amide bonds. The predicted octanol–water partition coefficient (Wildman–Crippen LogP) is 1.66. The molecule has 11 heteroatoms. The predicted molar refractivity (Wildman–Crippen MR) is 116 cm³/mol. The van der Waals surface area contributed by atoms with Gasteiger partial charge in [-0.3, -0.25) is 9.59 Å². The Labute approximate surface area is 196 Å². The van der Waals surface area contributed by atoms with Crippen molar-refractivity contribution in [3.63, 3.8) is 0 Å². The number of esters is 1. The van der Waals surface area contributed by atoms with Crippen LogP contribution in [0.2, 0.25) is 0 Å². The van der Waals surface area contributed by atoms with E-state index in [0.29, 0.717) is 17.9 Å². The van der Waals surface area contributed by atoms with Gasteiger partial charge in [-0.05, 0) is 32.6 Å². The summed E-state index contributed by atoms with van der Waals surface area (Å²) in [6, 6.07) is -0.365. The average Bonchev–Trinajstić information content (AvgIpc) is 3.42. The second-order valence-corrected chi connectivity index (χ2v) is 10.4. The summed E-state index contributed by atoms with van der Waals surface area (Å²) < 4.78 is 15.7. The lowest BCUT2D eigenvalue weighted by Crippen LogP contribution is -2.63. The van der Waals surface area contributed by atoms with Gasteiger partial charge in [-0.1, -0.05) is 6.92 Å². The molecule has 3 heterocycles. The minimum atomic E-state index is -1.21. The SMILES string of the molecule is CC(OC(=O)OC1CCCC1)OC(=O)C1=C(SC2CNC(=O)C2)C(C)[C@H]2C(C(C)O)C(=O)N12. The second-order valence-electron chi connectivity index (χ2n) is 9.08. The van der Waals surface area contributed by atoms with E-state index >= 15 is 0 Å².